The SMILES string of the molecule is Cc1ncsc1CN1CCCC2(CCc3cnc(-c4ccccc4)nc32)C1. The third kappa shape index (κ3) is 3.09. The molecule has 5 heteroatoms. The van der Waals surface area contributed by atoms with Gasteiger partial charge >= 0.3 is 0 Å². The van der Waals surface area contributed by atoms with Gasteiger partial charge in [-0.25, -0.2) is 15.0 Å². The molecule has 2 aromatic heterocycles. The molecule has 1 aromatic carbocycles. The number of piperidine rings is 1. The lowest BCUT2D eigenvalue weighted by Crippen LogP contribution is -2.45. The smallest absolute Gasteiger partial charge is 0.159 e. The number of hydrogen-bond donors (Lipinski definition) is 0. The maximum absolute atomic E-state index is 5.10. The van der Waals surface area contributed by atoms with Crippen molar-refractivity contribution in [3.05, 3.63) is 63.9 Å². The lowest BCUT2D eigenvalue weighted by Gasteiger charge is -2.40. The predicted octanol–water partition coefficient (Wildman–Crippen LogP) is 4.39. The molecule has 1 fully saturated rings. The zero-order valence-electron chi connectivity index (χ0n) is 15.7. The van der Waals surface area contributed by atoms with Crippen molar-refractivity contribution in [1.29, 1.82) is 0 Å². The molecule has 1 aliphatic carbocycles. The van der Waals surface area contributed by atoms with Crippen LogP contribution in [0.4, 0.5) is 0 Å². The molecule has 0 N–H and O–H groups in total. The van der Waals surface area contributed by atoms with E-state index in [1.807, 2.05) is 11.6 Å². The summed E-state index contributed by atoms with van der Waals surface area (Å²) in [7, 11) is 0. The van der Waals surface area contributed by atoms with Gasteiger partial charge in [0.15, 0.2) is 5.82 Å². The van der Waals surface area contributed by atoms with Crippen molar-refractivity contribution in [2.45, 2.75) is 44.6 Å². The average Bonchev–Trinajstić information content (AvgIpc) is 3.26. The van der Waals surface area contributed by atoms with Gasteiger partial charge in [0.05, 0.1) is 16.9 Å². The molecule has 4 nitrogen and oxygen atoms in total. The van der Waals surface area contributed by atoms with Crippen molar-refractivity contribution in [3.63, 3.8) is 0 Å². The Labute approximate surface area is 164 Å². The van der Waals surface area contributed by atoms with Gasteiger partial charge in [0.1, 0.15) is 0 Å². The fourth-order valence-electron chi connectivity index (χ4n) is 4.71. The number of aryl methyl sites for hydroxylation is 2. The van der Waals surface area contributed by atoms with Crippen LogP contribution in [0.15, 0.2) is 42.0 Å². The normalized spacial score (nSPS) is 22.3. The largest absolute Gasteiger partial charge is 0.297 e. The van der Waals surface area contributed by atoms with Crippen molar-refractivity contribution in [2.75, 3.05) is 13.1 Å². The van der Waals surface area contributed by atoms with Crippen molar-refractivity contribution >= 4 is 11.3 Å². The van der Waals surface area contributed by atoms with Crippen molar-refractivity contribution in [1.82, 2.24) is 19.9 Å². The first-order valence-corrected chi connectivity index (χ1v) is 10.6. The Balaban J connectivity index is 1.45. The van der Waals surface area contributed by atoms with Crippen LogP contribution in [0.2, 0.25) is 0 Å². The van der Waals surface area contributed by atoms with Crippen molar-refractivity contribution < 1.29 is 0 Å². The fourth-order valence-corrected chi connectivity index (χ4v) is 5.53. The molecule has 1 atom stereocenters. The van der Waals surface area contributed by atoms with Crippen LogP contribution in [0.3, 0.4) is 0 Å². The lowest BCUT2D eigenvalue weighted by atomic mass is 9.77. The van der Waals surface area contributed by atoms with Gasteiger partial charge in [0.25, 0.3) is 0 Å². The number of likely N-dealkylation sites (tertiary alicyclic amines) is 1. The standard InChI is InChI=1S/C22H24N4S/c1-16-19(27-15-24-16)13-26-11-5-9-22(14-26)10-8-18-12-23-21(25-20(18)22)17-6-3-2-4-7-17/h2-4,6-7,12,15H,5,8-11,13-14H2,1H3. The summed E-state index contributed by atoms with van der Waals surface area (Å²) in [5, 5.41) is 0. The minimum absolute atomic E-state index is 0.193. The van der Waals surface area contributed by atoms with Crippen LogP contribution in [-0.2, 0) is 18.4 Å². The van der Waals surface area contributed by atoms with E-state index in [1.54, 1.807) is 11.3 Å². The number of hydrogen-bond acceptors (Lipinski definition) is 5. The Morgan fingerprint density at radius 1 is 1.15 bits per heavy atom. The van der Waals surface area contributed by atoms with Crippen molar-refractivity contribution in [2.24, 2.45) is 0 Å². The maximum Gasteiger partial charge on any atom is 0.159 e. The zero-order valence-corrected chi connectivity index (χ0v) is 16.5. The summed E-state index contributed by atoms with van der Waals surface area (Å²) in [5.74, 6) is 0.867. The van der Waals surface area contributed by atoms with E-state index in [4.69, 9.17) is 4.98 Å². The van der Waals surface area contributed by atoms with Gasteiger partial charge in [-0.1, -0.05) is 30.3 Å². The molecule has 1 aliphatic heterocycles. The van der Waals surface area contributed by atoms with Gasteiger partial charge in [-0.15, -0.1) is 11.3 Å². The zero-order chi connectivity index (χ0) is 18.3. The summed E-state index contributed by atoms with van der Waals surface area (Å²) in [6, 6.07) is 10.4. The van der Waals surface area contributed by atoms with E-state index < -0.39 is 0 Å². The minimum atomic E-state index is 0.193. The summed E-state index contributed by atoms with van der Waals surface area (Å²) >= 11 is 1.78. The number of aromatic nitrogens is 3. The summed E-state index contributed by atoms with van der Waals surface area (Å²) in [6.45, 7) is 5.41. The average molecular weight is 377 g/mol. The minimum Gasteiger partial charge on any atom is -0.297 e. The number of fused-ring (bicyclic) bond motifs is 2. The Morgan fingerprint density at radius 3 is 2.85 bits per heavy atom. The van der Waals surface area contributed by atoms with Crippen LogP contribution in [0.25, 0.3) is 11.4 Å². The molecule has 0 radical (unpaired) electrons. The van der Waals surface area contributed by atoms with Crippen molar-refractivity contribution in [3.8, 4) is 11.4 Å². The van der Waals surface area contributed by atoms with Crippen LogP contribution in [0, 0.1) is 6.92 Å². The van der Waals surface area contributed by atoms with Gasteiger partial charge < -0.3 is 0 Å². The predicted molar refractivity (Wildman–Crippen MR) is 109 cm³/mol. The van der Waals surface area contributed by atoms with E-state index in [0.717, 1.165) is 30.9 Å². The molecule has 138 valence electrons. The molecule has 1 saturated heterocycles. The number of rotatable bonds is 3. The monoisotopic (exact) mass is 376 g/mol. The first-order chi connectivity index (χ1) is 13.2. The first-order valence-electron chi connectivity index (χ1n) is 9.77. The lowest BCUT2D eigenvalue weighted by molar-refractivity contribution is 0.137. The summed E-state index contributed by atoms with van der Waals surface area (Å²) in [6.07, 6.45) is 6.86. The second-order valence-electron chi connectivity index (χ2n) is 7.89. The van der Waals surface area contributed by atoms with Crippen LogP contribution in [-0.4, -0.2) is 32.9 Å². The highest BCUT2D eigenvalue weighted by Crippen LogP contribution is 2.44. The topological polar surface area (TPSA) is 41.9 Å². The highest BCUT2D eigenvalue weighted by atomic mass is 32.1. The highest BCUT2D eigenvalue weighted by Gasteiger charge is 2.43. The summed E-state index contributed by atoms with van der Waals surface area (Å²) < 4.78 is 0. The second-order valence-corrected chi connectivity index (χ2v) is 8.83. The van der Waals surface area contributed by atoms with Gasteiger partial charge in [-0.3, -0.25) is 4.90 Å². The van der Waals surface area contributed by atoms with Crippen LogP contribution in [0.5, 0.6) is 0 Å². The second kappa shape index (κ2) is 6.80. The summed E-state index contributed by atoms with van der Waals surface area (Å²) in [4.78, 5) is 18.2. The molecule has 2 aliphatic rings. The number of benzene rings is 1. The Morgan fingerprint density at radius 2 is 2.04 bits per heavy atom. The van der Waals surface area contributed by atoms with Crippen LogP contribution in [0.1, 0.15) is 41.1 Å². The third-order valence-corrected chi connectivity index (χ3v) is 7.06. The molecule has 1 spiro atoms. The molecule has 0 bridgehead atoms. The molecule has 5 rings (SSSR count). The third-order valence-electron chi connectivity index (χ3n) is 6.14. The molecular weight excluding hydrogens is 352 g/mol. The fraction of sp³-hybridized carbons (Fsp3) is 0.409. The quantitative estimate of drug-likeness (QED) is 0.680. The molecule has 3 heterocycles. The van der Waals surface area contributed by atoms with E-state index in [1.165, 1.54) is 47.6 Å². The van der Waals surface area contributed by atoms with Crippen LogP contribution >= 0.6 is 11.3 Å². The van der Waals surface area contributed by atoms with Gasteiger partial charge in [-0.2, -0.15) is 0 Å². The van der Waals surface area contributed by atoms with E-state index in [2.05, 4.69) is 52.3 Å². The Hall–Kier alpha value is -2.11. The van der Waals surface area contributed by atoms with E-state index in [9.17, 15) is 0 Å². The van der Waals surface area contributed by atoms with Gasteiger partial charge in [-0.05, 0) is 44.7 Å². The maximum atomic E-state index is 5.10. The number of nitrogens with zero attached hydrogens (tertiary/aromatic N) is 4. The molecular formula is C22H24N4S. The Kier molecular flexibility index (Phi) is 4.29. The van der Waals surface area contributed by atoms with E-state index in [-0.39, 0.29) is 5.41 Å². The molecule has 0 saturated carbocycles. The molecule has 27 heavy (non-hydrogen) atoms. The molecule has 0 amide bonds. The summed E-state index contributed by atoms with van der Waals surface area (Å²) in [5.41, 5.74) is 7.11. The number of thiazole rings is 1. The Bertz CT molecular complexity index is 948. The van der Waals surface area contributed by atoms with Crippen LogP contribution < -0.4 is 0 Å². The van der Waals surface area contributed by atoms with E-state index in [0.29, 0.717) is 0 Å². The van der Waals surface area contributed by atoms with Gasteiger partial charge in [0, 0.05) is 35.1 Å². The molecule has 3 aromatic rings. The van der Waals surface area contributed by atoms with E-state index >= 15 is 0 Å². The van der Waals surface area contributed by atoms with Gasteiger partial charge in [0.2, 0.25) is 0 Å². The molecule has 1 unspecified atom stereocenters. The highest BCUT2D eigenvalue weighted by molar-refractivity contribution is 7.09. The first kappa shape index (κ1) is 17.0.